The van der Waals surface area contributed by atoms with Gasteiger partial charge in [0.2, 0.25) is 0 Å². The van der Waals surface area contributed by atoms with Crippen LogP contribution in [-0.4, -0.2) is 29.8 Å². The number of hydrogen-bond acceptors (Lipinski definition) is 5. The maximum atomic E-state index is 11.4. The van der Waals surface area contributed by atoms with Crippen LogP contribution in [0.4, 0.5) is 10.6 Å². The molecule has 0 aliphatic heterocycles. The number of rotatable bonds is 4. The van der Waals surface area contributed by atoms with Gasteiger partial charge in [0.15, 0.2) is 0 Å². The van der Waals surface area contributed by atoms with Crippen molar-refractivity contribution in [3.8, 4) is 6.07 Å². The fourth-order valence-electron chi connectivity index (χ4n) is 1.41. The predicted octanol–water partition coefficient (Wildman–Crippen LogP) is 2.20. The molecule has 0 spiro atoms. The fraction of sp³-hybridized carbons (Fsp3) is 0.500. The molecule has 0 atom stereocenters. The van der Waals surface area contributed by atoms with Gasteiger partial charge in [-0.2, -0.15) is 5.26 Å². The maximum absolute atomic E-state index is 11.4. The number of alkyl carbamates (subject to hydrolysis) is 1. The molecule has 0 bridgehead atoms. The van der Waals surface area contributed by atoms with Crippen molar-refractivity contribution in [1.29, 1.82) is 5.26 Å². The minimum absolute atomic E-state index is 0.398. The standard InChI is InChI=1S/C14H20N4O2/c1-10-5-6-12(18-11(10)9-15)16-7-8-17-13(19)20-14(2,3)4/h5-6H,7-8H2,1-4H3,(H,16,18)(H,17,19). The summed E-state index contributed by atoms with van der Waals surface area (Å²) in [6.07, 6.45) is -0.450. The Balaban J connectivity index is 2.35. The number of amides is 1. The van der Waals surface area contributed by atoms with Gasteiger partial charge in [-0.25, -0.2) is 9.78 Å². The molecule has 0 saturated heterocycles. The first kappa shape index (κ1) is 15.8. The Morgan fingerprint density at radius 1 is 1.40 bits per heavy atom. The molecular formula is C14H20N4O2. The van der Waals surface area contributed by atoms with Crippen LogP contribution in [0.3, 0.4) is 0 Å². The lowest BCUT2D eigenvalue weighted by Gasteiger charge is -2.19. The Kier molecular flexibility index (Phi) is 5.32. The summed E-state index contributed by atoms with van der Waals surface area (Å²) in [6.45, 7) is 8.17. The zero-order valence-electron chi connectivity index (χ0n) is 12.3. The Bertz CT molecular complexity index is 515. The number of pyridine rings is 1. The first-order valence-corrected chi connectivity index (χ1v) is 6.40. The van der Waals surface area contributed by atoms with E-state index < -0.39 is 11.7 Å². The van der Waals surface area contributed by atoms with E-state index in [0.717, 1.165) is 5.56 Å². The number of nitrogens with one attached hydrogen (secondary N) is 2. The van der Waals surface area contributed by atoms with E-state index >= 15 is 0 Å². The van der Waals surface area contributed by atoms with Crippen molar-refractivity contribution in [2.75, 3.05) is 18.4 Å². The van der Waals surface area contributed by atoms with Crippen molar-refractivity contribution < 1.29 is 9.53 Å². The lowest BCUT2D eigenvalue weighted by atomic mass is 10.2. The van der Waals surface area contributed by atoms with Crippen LogP contribution >= 0.6 is 0 Å². The van der Waals surface area contributed by atoms with Gasteiger partial charge in [-0.1, -0.05) is 6.07 Å². The lowest BCUT2D eigenvalue weighted by Crippen LogP contribution is -2.35. The van der Waals surface area contributed by atoms with E-state index in [1.165, 1.54) is 0 Å². The topological polar surface area (TPSA) is 87.0 Å². The average Bonchev–Trinajstić information content (AvgIpc) is 2.34. The molecule has 20 heavy (non-hydrogen) atoms. The van der Waals surface area contributed by atoms with Crippen molar-refractivity contribution in [3.63, 3.8) is 0 Å². The van der Waals surface area contributed by atoms with E-state index in [9.17, 15) is 4.79 Å². The van der Waals surface area contributed by atoms with Crippen LogP contribution < -0.4 is 10.6 Å². The number of ether oxygens (including phenoxy) is 1. The molecule has 0 saturated carbocycles. The third-order valence-electron chi connectivity index (χ3n) is 2.30. The highest BCUT2D eigenvalue weighted by Gasteiger charge is 2.15. The van der Waals surface area contributed by atoms with Crippen LogP contribution in [0.1, 0.15) is 32.0 Å². The van der Waals surface area contributed by atoms with Crippen LogP contribution in [0.25, 0.3) is 0 Å². The van der Waals surface area contributed by atoms with Crippen molar-refractivity contribution in [2.45, 2.75) is 33.3 Å². The fourth-order valence-corrected chi connectivity index (χ4v) is 1.41. The van der Waals surface area contributed by atoms with Gasteiger partial charge in [0, 0.05) is 13.1 Å². The third-order valence-corrected chi connectivity index (χ3v) is 2.30. The molecule has 0 fully saturated rings. The maximum Gasteiger partial charge on any atom is 0.407 e. The molecule has 0 aliphatic carbocycles. The Morgan fingerprint density at radius 2 is 2.10 bits per heavy atom. The molecule has 1 aromatic rings. The second-order valence-electron chi connectivity index (χ2n) is 5.33. The molecule has 1 aromatic heterocycles. The van der Waals surface area contributed by atoms with Crippen molar-refractivity contribution in [3.05, 3.63) is 23.4 Å². The van der Waals surface area contributed by atoms with Crippen molar-refractivity contribution in [1.82, 2.24) is 10.3 Å². The first-order chi connectivity index (χ1) is 9.31. The highest BCUT2D eigenvalue weighted by Crippen LogP contribution is 2.09. The van der Waals surface area contributed by atoms with Crippen molar-refractivity contribution in [2.24, 2.45) is 0 Å². The molecule has 1 amide bonds. The summed E-state index contributed by atoms with van der Waals surface area (Å²) in [5.41, 5.74) is 0.734. The van der Waals surface area contributed by atoms with E-state index in [0.29, 0.717) is 24.6 Å². The van der Waals surface area contributed by atoms with Gasteiger partial charge in [-0.15, -0.1) is 0 Å². The minimum Gasteiger partial charge on any atom is -0.444 e. The van der Waals surface area contributed by atoms with E-state index in [1.54, 1.807) is 6.07 Å². The second-order valence-corrected chi connectivity index (χ2v) is 5.33. The SMILES string of the molecule is Cc1ccc(NCCNC(=O)OC(C)(C)C)nc1C#N. The summed E-state index contributed by atoms with van der Waals surface area (Å²) in [7, 11) is 0. The summed E-state index contributed by atoms with van der Waals surface area (Å²) in [4.78, 5) is 15.5. The van der Waals surface area contributed by atoms with Gasteiger partial charge >= 0.3 is 6.09 Å². The van der Waals surface area contributed by atoms with Crippen LogP contribution in [0.2, 0.25) is 0 Å². The molecule has 0 aliphatic rings. The number of nitrogens with zero attached hydrogens (tertiary/aromatic N) is 2. The zero-order valence-corrected chi connectivity index (χ0v) is 12.3. The van der Waals surface area contributed by atoms with Gasteiger partial charge in [-0.05, 0) is 39.3 Å². The zero-order chi connectivity index (χ0) is 15.2. The number of carbonyl (C=O) groups excluding carboxylic acids is 1. The van der Waals surface area contributed by atoms with Gasteiger partial charge in [0.1, 0.15) is 23.2 Å². The largest absolute Gasteiger partial charge is 0.444 e. The molecule has 2 N–H and O–H groups in total. The number of carbonyl (C=O) groups is 1. The minimum atomic E-state index is -0.502. The summed E-state index contributed by atoms with van der Waals surface area (Å²) in [5, 5.41) is 14.5. The van der Waals surface area contributed by atoms with Gasteiger partial charge in [0.25, 0.3) is 0 Å². The highest BCUT2D eigenvalue weighted by atomic mass is 16.6. The number of aromatic nitrogens is 1. The smallest absolute Gasteiger partial charge is 0.407 e. The molecule has 0 aromatic carbocycles. The Morgan fingerprint density at radius 3 is 2.70 bits per heavy atom. The first-order valence-electron chi connectivity index (χ1n) is 6.40. The van der Waals surface area contributed by atoms with E-state index in [2.05, 4.69) is 15.6 Å². The Labute approximate surface area is 119 Å². The number of hydrogen-bond donors (Lipinski definition) is 2. The van der Waals surface area contributed by atoms with Gasteiger partial charge in [0.05, 0.1) is 0 Å². The van der Waals surface area contributed by atoms with Crippen molar-refractivity contribution >= 4 is 11.9 Å². The average molecular weight is 276 g/mol. The third kappa shape index (κ3) is 5.57. The van der Waals surface area contributed by atoms with E-state index in [-0.39, 0.29) is 0 Å². The molecule has 1 rings (SSSR count). The number of aryl methyl sites for hydroxylation is 1. The summed E-state index contributed by atoms with van der Waals surface area (Å²) < 4.78 is 5.11. The monoisotopic (exact) mass is 276 g/mol. The number of anilines is 1. The molecule has 6 heteroatoms. The van der Waals surface area contributed by atoms with Crippen LogP contribution in [0.15, 0.2) is 12.1 Å². The lowest BCUT2D eigenvalue weighted by molar-refractivity contribution is 0.0530. The number of nitriles is 1. The Hall–Kier alpha value is -2.29. The van der Waals surface area contributed by atoms with Crippen LogP contribution in [0.5, 0.6) is 0 Å². The molecule has 108 valence electrons. The summed E-state index contributed by atoms with van der Waals surface area (Å²) in [6, 6.07) is 5.65. The normalized spacial score (nSPS) is 10.6. The highest BCUT2D eigenvalue weighted by molar-refractivity contribution is 5.67. The van der Waals surface area contributed by atoms with E-state index in [4.69, 9.17) is 10.00 Å². The van der Waals surface area contributed by atoms with Crippen LogP contribution in [-0.2, 0) is 4.74 Å². The summed E-state index contributed by atoms with van der Waals surface area (Å²) >= 11 is 0. The quantitative estimate of drug-likeness (QED) is 0.823. The molecular weight excluding hydrogens is 256 g/mol. The van der Waals surface area contributed by atoms with Crippen LogP contribution in [0, 0.1) is 18.3 Å². The molecule has 1 heterocycles. The molecule has 0 unspecified atom stereocenters. The van der Waals surface area contributed by atoms with Gasteiger partial charge in [-0.3, -0.25) is 0 Å². The molecule has 0 radical (unpaired) electrons. The predicted molar refractivity (Wildman–Crippen MR) is 76.4 cm³/mol. The summed E-state index contributed by atoms with van der Waals surface area (Å²) in [5.74, 6) is 0.609. The second kappa shape index (κ2) is 6.75. The molecule has 6 nitrogen and oxygen atoms in total. The van der Waals surface area contributed by atoms with E-state index in [1.807, 2.05) is 39.8 Å². The van der Waals surface area contributed by atoms with Gasteiger partial charge < -0.3 is 15.4 Å².